The van der Waals surface area contributed by atoms with Crippen LogP contribution in [0.3, 0.4) is 0 Å². The summed E-state index contributed by atoms with van der Waals surface area (Å²) in [7, 11) is 0. The van der Waals surface area contributed by atoms with Gasteiger partial charge < -0.3 is 36.2 Å². The molecule has 0 aromatic heterocycles. The summed E-state index contributed by atoms with van der Waals surface area (Å²) in [5, 5.41) is 26.0. The van der Waals surface area contributed by atoms with Crippen molar-refractivity contribution in [1.29, 1.82) is 0 Å². The molecule has 0 radical (unpaired) electrons. The van der Waals surface area contributed by atoms with Crippen molar-refractivity contribution >= 4 is 23.8 Å². The molecule has 39 heavy (non-hydrogen) atoms. The average Bonchev–Trinajstić information content (AvgIpc) is 2.86. The molecule has 0 spiro atoms. The van der Waals surface area contributed by atoms with E-state index in [0.29, 0.717) is 5.56 Å². The molecule has 0 bridgehead atoms. The smallest absolute Gasteiger partial charge is 0.408 e. The second kappa shape index (κ2) is 14.1. The molecule has 11 heteroatoms. The highest BCUT2D eigenvalue weighted by Crippen LogP contribution is 2.32. The maximum absolute atomic E-state index is 13.9. The fourth-order valence-electron chi connectivity index (χ4n) is 3.90. The molecule has 0 heterocycles. The molecule has 2 rings (SSSR count). The highest BCUT2D eigenvalue weighted by atomic mass is 16.6. The topological polar surface area (TPSA) is 171 Å². The lowest BCUT2D eigenvalue weighted by Crippen LogP contribution is -2.53. The molecular weight excluding hydrogens is 504 g/mol. The minimum absolute atomic E-state index is 0.133. The van der Waals surface area contributed by atoms with E-state index in [-0.39, 0.29) is 37.2 Å². The van der Waals surface area contributed by atoms with Gasteiger partial charge in [-0.3, -0.25) is 14.4 Å². The van der Waals surface area contributed by atoms with Gasteiger partial charge in [-0.1, -0.05) is 48.5 Å². The quantitative estimate of drug-likeness (QED) is 0.273. The Morgan fingerprint density at radius 3 is 2.31 bits per heavy atom. The maximum Gasteiger partial charge on any atom is 0.408 e. The summed E-state index contributed by atoms with van der Waals surface area (Å²) >= 11 is 0. The van der Waals surface area contributed by atoms with E-state index in [1.807, 2.05) is 30.3 Å². The molecule has 0 saturated carbocycles. The van der Waals surface area contributed by atoms with Crippen LogP contribution < -0.4 is 16.4 Å². The van der Waals surface area contributed by atoms with E-state index in [2.05, 4.69) is 10.6 Å². The highest BCUT2D eigenvalue weighted by molar-refractivity contribution is 5.93. The molecule has 0 aliphatic heterocycles. The predicted molar refractivity (Wildman–Crippen MR) is 144 cm³/mol. The number of phenolic OH excluding ortho intramolecular Hbond substituents is 1. The van der Waals surface area contributed by atoms with Gasteiger partial charge in [0.1, 0.15) is 23.4 Å². The van der Waals surface area contributed by atoms with E-state index in [0.717, 1.165) is 10.5 Å². The number of alkyl carbamates (subject to hydrolysis) is 1. The van der Waals surface area contributed by atoms with Crippen LogP contribution >= 0.6 is 0 Å². The van der Waals surface area contributed by atoms with Gasteiger partial charge in [-0.2, -0.15) is 0 Å². The number of phenols is 1. The predicted octanol–water partition coefficient (Wildman–Crippen LogP) is 2.04. The first-order valence-corrected chi connectivity index (χ1v) is 12.6. The van der Waals surface area contributed by atoms with Crippen LogP contribution in [0.4, 0.5) is 4.79 Å². The van der Waals surface area contributed by atoms with Crippen LogP contribution in [0.1, 0.15) is 56.3 Å². The van der Waals surface area contributed by atoms with Gasteiger partial charge in [-0.15, -0.1) is 0 Å². The zero-order valence-corrected chi connectivity index (χ0v) is 22.8. The molecular formula is C28H38N4O7. The second-order valence-electron chi connectivity index (χ2n) is 10.1. The summed E-state index contributed by atoms with van der Waals surface area (Å²) < 4.78 is 5.27. The number of hydrogen-bond donors (Lipinski definition) is 5. The number of aliphatic hydroxyl groups excluding tert-OH is 1. The Kier molecular flexibility index (Phi) is 11.3. The Labute approximate surface area is 228 Å². The SMILES string of the molecule is Cc1cccc(C(C(=O)NCc2ccccc2)N(CCO)C(=O)C(CCC(N)=O)NC(=O)OC(C)(C)C)c1O. The zero-order valence-electron chi connectivity index (χ0n) is 22.8. The Balaban J connectivity index is 2.49. The molecule has 2 aromatic carbocycles. The first kappa shape index (κ1) is 31.1. The molecule has 212 valence electrons. The van der Waals surface area contributed by atoms with Crippen LogP contribution in [0.25, 0.3) is 0 Å². The van der Waals surface area contributed by atoms with Crippen LogP contribution in [0.15, 0.2) is 48.5 Å². The number of amides is 4. The number of aliphatic hydroxyl groups is 1. The Morgan fingerprint density at radius 1 is 1.05 bits per heavy atom. The standard InChI is InChI=1S/C28H38N4O7/c1-18-9-8-12-20(24(18)35)23(25(36)30-17-19-10-6-5-7-11-19)32(15-16-33)26(37)21(13-14-22(29)34)31-27(38)39-28(2,3)4/h5-12,21,23,33,35H,13-17H2,1-4H3,(H2,29,34)(H,30,36)(H,31,38). The Morgan fingerprint density at radius 2 is 1.72 bits per heavy atom. The number of carbonyl (C=O) groups is 4. The molecule has 4 amide bonds. The van der Waals surface area contributed by atoms with Gasteiger partial charge in [0.25, 0.3) is 0 Å². The van der Waals surface area contributed by atoms with Crippen molar-refractivity contribution in [3.63, 3.8) is 0 Å². The molecule has 0 aliphatic carbocycles. The number of benzene rings is 2. The zero-order chi connectivity index (χ0) is 29.2. The van der Waals surface area contributed by atoms with Crippen molar-refractivity contribution in [2.45, 2.75) is 64.8 Å². The van der Waals surface area contributed by atoms with Gasteiger partial charge in [0.2, 0.25) is 17.7 Å². The monoisotopic (exact) mass is 542 g/mol. The third kappa shape index (κ3) is 9.60. The van der Waals surface area contributed by atoms with Crippen molar-refractivity contribution in [2.24, 2.45) is 5.73 Å². The Hall–Kier alpha value is -4.12. The van der Waals surface area contributed by atoms with Gasteiger partial charge in [0, 0.05) is 25.1 Å². The number of hydrogen-bond acceptors (Lipinski definition) is 7. The summed E-state index contributed by atoms with van der Waals surface area (Å²) in [6, 6.07) is 11.2. The summed E-state index contributed by atoms with van der Waals surface area (Å²) in [6.07, 6.45) is -1.31. The van der Waals surface area contributed by atoms with Crippen molar-refractivity contribution in [3.05, 3.63) is 65.2 Å². The lowest BCUT2D eigenvalue weighted by Gasteiger charge is -2.34. The number of nitrogens with two attached hydrogens (primary N) is 1. The van der Waals surface area contributed by atoms with Crippen molar-refractivity contribution < 1.29 is 34.1 Å². The van der Waals surface area contributed by atoms with Gasteiger partial charge in [-0.25, -0.2) is 4.79 Å². The average molecular weight is 543 g/mol. The number of nitrogens with zero attached hydrogens (tertiary/aromatic N) is 1. The normalized spacial score (nSPS) is 12.6. The number of rotatable bonds is 12. The van der Waals surface area contributed by atoms with Gasteiger partial charge in [0.15, 0.2) is 0 Å². The Bertz CT molecular complexity index is 1150. The molecule has 0 saturated heterocycles. The van der Waals surface area contributed by atoms with E-state index in [9.17, 15) is 29.4 Å². The first-order valence-electron chi connectivity index (χ1n) is 12.6. The van der Waals surface area contributed by atoms with E-state index in [1.54, 1.807) is 39.8 Å². The van der Waals surface area contributed by atoms with Crippen molar-refractivity contribution in [3.8, 4) is 5.75 Å². The lowest BCUT2D eigenvalue weighted by molar-refractivity contribution is -0.143. The lowest BCUT2D eigenvalue weighted by atomic mass is 9.98. The van der Waals surface area contributed by atoms with Crippen molar-refractivity contribution in [1.82, 2.24) is 15.5 Å². The first-order chi connectivity index (χ1) is 18.3. The molecule has 0 fully saturated rings. The van der Waals surface area contributed by atoms with Crippen LogP contribution in [0.5, 0.6) is 5.75 Å². The molecule has 6 N–H and O–H groups in total. The molecule has 0 aliphatic rings. The third-order valence-electron chi connectivity index (χ3n) is 5.73. The number of nitrogens with one attached hydrogen (secondary N) is 2. The van der Waals surface area contributed by atoms with Crippen LogP contribution in [-0.2, 0) is 25.7 Å². The van der Waals surface area contributed by atoms with Crippen LogP contribution in [0.2, 0.25) is 0 Å². The van der Waals surface area contributed by atoms with Gasteiger partial charge >= 0.3 is 6.09 Å². The van der Waals surface area contributed by atoms with Crippen LogP contribution in [0, 0.1) is 6.92 Å². The minimum atomic E-state index is -1.37. The number of ether oxygens (including phenoxy) is 1. The van der Waals surface area contributed by atoms with Gasteiger partial charge in [-0.05, 0) is 45.2 Å². The molecule has 2 aromatic rings. The number of aryl methyl sites for hydroxylation is 1. The summed E-state index contributed by atoms with van der Waals surface area (Å²) in [5.74, 6) is -2.27. The fourth-order valence-corrected chi connectivity index (χ4v) is 3.90. The largest absolute Gasteiger partial charge is 0.507 e. The number of para-hydroxylation sites is 1. The minimum Gasteiger partial charge on any atom is -0.507 e. The fraction of sp³-hybridized carbons (Fsp3) is 0.429. The van der Waals surface area contributed by atoms with Crippen LogP contribution in [-0.4, -0.2) is 63.7 Å². The number of primary amides is 1. The number of aromatic hydroxyl groups is 1. The summed E-state index contributed by atoms with van der Waals surface area (Å²) in [6.45, 7) is 5.92. The second-order valence-corrected chi connectivity index (χ2v) is 10.1. The summed E-state index contributed by atoms with van der Waals surface area (Å²) in [5.41, 5.74) is 5.85. The molecule has 11 nitrogen and oxygen atoms in total. The highest BCUT2D eigenvalue weighted by Gasteiger charge is 2.37. The van der Waals surface area contributed by atoms with E-state index >= 15 is 0 Å². The van der Waals surface area contributed by atoms with Crippen molar-refractivity contribution in [2.75, 3.05) is 13.2 Å². The van der Waals surface area contributed by atoms with Gasteiger partial charge in [0.05, 0.1) is 6.61 Å². The van der Waals surface area contributed by atoms with E-state index < -0.39 is 48.1 Å². The maximum atomic E-state index is 13.9. The molecule has 2 unspecified atom stereocenters. The third-order valence-corrected chi connectivity index (χ3v) is 5.73. The van der Waals surface area contributed by atoms with E-state index in [4.69, 9.17) is 10.5 Å². The summed E-state index contributed by atoms with van der Waals surface area (Å²) in [4.78, 5) is 52.6. The van der Waals surface area contributed by atoms with E-state index in [1.165, 1.54) is 6.07 Å². The molecule has 2 atom stereocenters. The number of carbonyl (C=O) groups excluding carboxylic acids is 4.